The van der Waals surface area contributed by atoms with Gasteiger partial charge in [0.25, 0.3) is 0 Å². The summed E-state index contributed by atoms with van der Waals surface area (Å²) < 4.78 is 0. The highest BCUT2D eigenvalue weighted by Gasteiger charge is 2.16. The minimum atomic E-state index is 0.954. The minimum absolute atomic E-state index is 0.954. The third-order valence-electron chi connectivity index (χ3n) is 6.27. The van der Waals surface area contributed by atoms with E-state index in [4.69, 9.17) is 4.98 Å². The summed E-state index contributed by atoms with van der Waals surface area (Å²) >= 11 is 0. The molecule has 1 aromatic heterocycles. The van der Waals surface area contributed by atoms with Crippen LogP contribution >= 0.6 is 0 Å². The molecule has 0 aliphatic rings. The van der Waals surface area contributed by atoms with Gasteiger partial charge in [0, 0.05) is 24.3 Å². The van der Waals surface area contributed by atoms with Crippen molar-refractivity contribution < 1.29 is 0 Å². The molecule has 3 rings (SSSR count). The molecule has 0 unspecified atom stereocenters. The molecule has 0 atom stereocenters. The van der Waals surface area contributed by atoms with E-state index < -0.39 is 0 Å². The zero-order valence-corrected chi connectivity index (χ0v) is 20.0. The SMILES string of the molecule is CCCCN(Cc1ccccc1)Cc1c(C)cc(-c2c(CC)cccc2CC)nc1C. The van der Waals surface area contributed by atoms with Crippen molar-refractivity contribution in [2.24, 2.45) is 0 Å². The first-order chi connectivity index (χ1) is 15.1. The summed E-state index contributed by atoms with van der Waals surface area (Å²) in [4.78, 5) is 7.71. The van der Waals surface area contributed by atoms with Crippen LogP contribution in [0.25, 0.3) is 11.3 Å². The Balaban J connectivity index is 1.92. The quantitative estimate of drug-likeness (QED) is 0.346. The first-order valence-corrected chi connectivity index (χ1v) is 11.9. The summed E-state index contributed by atoms with van der Waals surface area (Å²) in [7, 11) is 0. The van der Waals surface area contributed by atoms with E-state index in [-0.39, 0.29) is 0 Å². The van der Waals surface area contributed by atoms with Crippen LogP contribution in [0.3, 0.4) is 0 Å². The molecule has 0 saturated heterocycles. The van der Waals surface area contributed by atoms with Crippen LogP contribution in [0.2, 0.25) is 0 Å². The number of aromatic nitrogens is 1. The number of hydrogen-bond acceptors (Lipinski definition) is 2. The van der Waals surface area contributed by atoms with Crippen LogP contribution in [0.15, 0.2) is 54.6 Å². The number of nitrogens with zero attached hydrogens (tertiary/aromatic N) is 2. The van der Waals surface area contributed by atoms with Gasteiger partial charge in [0.05, 0.1) is 5.69 Å². The number of aryl methyl sites for hydroxylation is 4. The van der Waals surface area contributed by atoms with Crippen molar-refractivity contribution >= 4 is 0 Å². The molecule has 0 aliphatic carbocycles. The lowest BCUT2D eigenvalue weighted by Crippen LogP contribution is -2.25. The van der Waals surface area contributed by atoms with Gasteiger partial charge < -0.3 is 0 Å². The van der Waals surface area contributed by atoms with Crippen LogP contribution in [-0.2, 0) is 25.9 Å². The molecule has 0 fully saturated rings. The van der Waals surface area contributed by atoms with Gasteiger partial charge in [-0.2, -0.15) is 0 Å². The molecule has 0 N–H and O–H groups in total. The van der Waals surface area contributed by atoms with E-state index >= 15 is 0 Å². The van der Waals surface area contributed by atoms with Crippen LogP contribution in [0.5, 0.6) is 0 Å². The van der Waals surface area contributed by atoms with Crippen molar-refractivity contribution in [2.75, 3.05) is 6.54 Å². The first kappa shape index (κ1) is 23.2. The third-order valence-corrected chi connectivity index (χ3v) is 6.27. The zero-order chi connectivity index (χ0) is 22.2. The van der Waals surface area contributed by atoms with E-state index in [9.17, 15) is 0 Å². The second-order valence-electron chi connectivity index (χ2n) is 8.60. The maximum atomic E-state index is 5.14. The summed E-state index contributed by atoms with van der Waals surface area (Å²) in [6, 6.07) is 19.8. The average molecular weight is 415 g/mol. The van der Waals surface area contributed by atoms with E-state index in [0.717, 1.165) is 43.9 Å². The summed E-state index contributed by atoms with van der Waals surface area (Å²) in [6.07, 6.45) is 4.51. The topological polar surface area (TPSA) is 16.1 Å². The Labute approximate surface area is 189 Å². The largest absolute Gasteiger partial charge is 0.295 e. The van der Waals surface area contributed by atoms with Crippen molar-refractivity contribution in [3.8, 4) is 11.3 Å². The van der Waals surface area contributed by atoms with Crippen LogP contribution in [0.4, 0.5) is 0 Å². The van der Waals surface area contributed by atoms with Gasteiger partial charge in [-0.1, -0.05) is 75.7 Å². The standard InChI is InChI=1S/C29H38N2/c1-6-9-18-31(20-24-14-11-10-12-15-24)21-27-22(4)19-28(30-23(27)5)29-25(7-2)16-13-17-26(29)8-3/h10-17,19H,6-9,18,20-21H2,1-5H3. The summed E-state index contributed by atoms with van der Waals surface area (Å²) in [5.74, 6) is 0. The number of pyridine rings is 1. The number of rotatable bonds is 10. The van der Waals surface area contributed by atoms with E-state index in [2.05, 4.69) is 94.1 Å². The van der Waals surface area contributed by atoms with E-state index in [1.807, 2.05) is 0 Å². The Bertz CT molecular complexity index is 930. The second kappa shape index (κ2) is 11.2. The molecule has 1 heterocycles. The van der Waals surface area contributed by atoms with Crippen LogP contribution < -0.4 is 0 Å². The summed E-state index contributed by atoms with van der Waals surface area (Å²) in [5.41, 5.74) is 10.5. The molecule has 0 saturated carbocycles. The maximum absolute atomic E-state index is 5.14. The predicted octanol–water partition coefficient (Wildman–Crippen LogP) is 7.29. The fourth-order valence-electron chi connectivity index (χ4n) is 4.46. The van der Waals surface area contributed by atoms with Crippen molar-refractivity contribution in [1.82, 2.24) is 9.88 Å². The summed E-state index contributed by atoms with van der Waals surface area (Å²) in [5, 5.41) is 0. The molecule has 0 amide bonds. The highest BCUT2D eigenvalue weighted by molar-refractivity contribution is 5.69. The van der Waals surface area contributed by atoms with Crippen molar-refractivity contribution in [1.29, 1.82) is 0 Å². The van der Waals surface area contributed by atoms with Crippen LogP contribution in [0, 0.1) is 13.8 Å². The highest BCUT2D eigenvalue weighted by Crippen LogP contribution is 2.30. The maximum Gasteiger partial charge on any atom is 0.0713 e. The lowest BCUT2D eigenvalue weighted by molar-refractivity contribution is 0.251. The van der Waals surface area contributed by atoms with Crippen LogP contribution in [-0.4, -0.2) is 16.4 Å². The molecular formula is C29H38N2. The lowest BCUT2D eigenvalue weighted by Gasteiger charge is -2.25. The molecular weight excluding hydrogens is 376 g/mol. The Hall–Kier alpha value is -2.45. The Kier molecular flexibility index (Phi) is 8.43. The Morgan fingerprint density at radius 2 is 1.48 bits per heavy atom. The van der Waals surface area contributed by atoms with Gasteiger partial charge in [0.1, 0.15) is 0 Å². The van der Waals surface area contributed by atoms with Gasteiger partial charge >= 0.3 is 0 Å². The number of unbranched alkanes of at least 4 members (excludes halogenated alkanes) is 1. The summed E-state index contributed by atoms with van der Waals surface area (Å²) in [6.45, 7) is 14.2. The highest BCUT2D eigenvalue weighted by atomic mass is 15.1. The lowest BCUT2D eigenvalue weighted by atomic mass is 9.93. The Morgan fingerprint density at radius 1 is 0.806 bits per heavy atom. The fraction of sp³-hybridized carbons (Fsp3) is 0.414. The van der Waals surface area contributed by atoms with Gasteiger partial charge in [0.2, 0.25) is 0 Å². The smallest absolute Gasteiger partial charge is 0.0713 e. The van der Waals surface area contributed by atoms with Gasteiger partial charge in [-0.3, -0.25) is 9.88 Å². The molecule has 2 nitrogen and oxygen atoms in total. The van der Waals surface area contributed by atoms with Crippen molar-refractivity contribution in [2.45, 2.75) is 73.4 Å². The molecule has 0 aliphatic heterocycles. The predicted molar refractivity (Wildman–Crippen MR) is 133 cm³/mol. The van der Waals surface area contributed by atoms with Gasteiger partial charge in [0.15, 0.2) is 0 Å². The molecule has 164 valence electrons. The van der Waals surface area contributed by atoms with Crippen molar-refractivity contribution in [3.05, 3.63) is 88.1 Å². The second-order valence-corrected chi connectivity index (χ2v) is 8.60. The van der Waals surface area contributed by atoms with Crippen molar-refractivity contribution in [3.63, 3.8) is 0 Å². The monoisotopic (exact) mass is 414 g/mol. The van der Waals surface area contributed by atoms with Gasteiger partial charge in [-0.15, -0.1) is 0 Å². The van der Waals surface area contributed by atoms with E-state index in [1.54, 1.807) is 0 Å². The zero-order valence-electron chi connectivity index (χ0n) is 20.0. The van der Waals surface area contributed by atoms with E-state index in [0.29, 0.717) is 0 Å². The minimum Gasteiger partial charge on any atom is -0.295 e. The third kappa shape index (κ3) is 5.83. The molecule has 3 aromatic rings. The van der Waals surface area contributed by atoms with Gasteiger partial charge in [-0.05, 0) is 73.5 Å². The average Bonchev–Trinajstić information content (AvgIpc) is 2.79. The number of benzene rings is 2. The first-order valence-electron chi connectivity index (χ1n) is 11.9. The Morgan fingerprint density at radius 3 is 2.06 bits per heavy atom. The number of hydrogen-bond donors (Lipinski definition) is 0. The molecule has 31 heavy (non-hydrogen) atoms. The molecule has 0 spiro atoms. The molecule has 0 bridgehead atoms. The normalized spacial score (nSPS) is 11.3. The van der Waals surface area contributed by atoms with Crippen LogP contribution in [0.1, 0.15) is 67.1 Å². The van der Waals surface area contributed by atoms with E-state index in [1.165, 1.54) is 46.2 Å². The molecule has 2 heteroatoms. The fourth-order valence-corrected chi connectivity index (χ4v) is 4.46. The van der Waals surface area contributed by atoms with Gasteiger partial charge in [-0.25, -0.2) is 0 Å². The molecule has 2 aromatic carbocycles. The molecule has 0 radical (unpaired) electrons.